The zero-order chi connectivity index (χ0) is 22.0. The number of nitrogens with zero attached hydrogens (tertiary/aromatic N) is 3. The Kier molecular flexibility index (Phi) is 6.03. The molecule has 0 atom stereocenters. The van der Waals surface area contributed by atoms with E-state index in [0.717, 1.165) is 36.4 Å². The van der Waals surface area contributed by atoms with E-state index in [2.05, 4.69) is 21.5 Å². The van der Waals surface area contributed by atoms with Crippen molar-refractivity contribution in [3.8, 4) is 16.2 Å². The highest BCUT2D eigenvalue weighted by molar-refractivity contribution is 7.15. The molecule has 0 saturated carbocycles. The van der Waals surface area contributed by atoms with Crippen molar-refractivity contribution in [3.05, 3.63) is 58.3 Å². The van der Waals surface area contributed by atoms with E-state index >= 15 is 0 Å². The van der Waals surface area contributed by atoms with Gasteiger partial charge in [0, 0.05) is 27.6 Å². The Bertz CT molecular complexity index is 1110. The van der Waals surface area contributed by atoms with Gasteiger partial charge < -0.3 is 21.6 Å². The van der Waals surface area contributed by atoms with Crippen LogP contribution in [0.5, 0.6) is 5.75 Å². The van der Waals surface area contributed by atoms with Gasteiger partial charge in [0.05, 0.1) is 18.4 Å². The van der Waals surface area contributed by atoms with Crippen molar-refractivity contribution in [2.45, 2.75) is 12.8 Å². The SMILES string of the molecule is COc1ccc(N(N)/C(=N\N)c2cc(-c3cc4c(s3)CCNCC4)cnc2N)cc1F. The predicted molar refractivity (Wildman–Crippen MR) is 123 cm³/mol. The molecular formula is C21H24FN7OS. The Labute approximate surface area is 183 Å². The number of ether oxygens (including phenoxy) is 1. The standard InChI is InChI=1S/C21H24FN7OS/c1-30-17-3-2-14(10-16(17)22)29(25)21(28-24)15-8-13(11-27-20(15)23)19-9-12-4-6-26-7-5-18(12)31-19/h2-3,8-11,26H,4-7,24-25H2,1H3,(H2,23,27)/b28-21-. The van der Waals surface area contributed by atoms with E-state index in [9.17, 15) is 4.39 Å². The molecule has 0 unspecified atom stereocenters. The third-order valence-electron chi connectivity index (χ3n) is 5.20. The molecule has 2 aromatic heterocycles. The number of anilines is 2. The van der Waals surface area contributed by atoms with E-state index < -0.39 is 5.82 Å². The van der Waals surface area contributed by atoms with Crippen molar-refractivity contribution in [1.29, 1.82) is 0 Å². The zero-order valence-corrected chi connectivity index (χ0v) is 17.9. The van der Waals surface area contributed by atoms with Crippen LogP contribution in [0.1, 0.15) is 16.0 Å². The molecule has 8 nitrogen and oxygen atoms in total. The molecule has 10 heteroatoms. The number of hydrazine groups is 1. The first-order valence-corrected chi connectivity index (χ1v) is 10.6. The first-order valence-electron chi connectivity index (χ1n) is 9.76. The molecule has 7 N–H and O–H groups in total. The molecule has 4 rings (SSSR count). The van der Waals surface area contributed by atoms with Gasteiger partial charge in [0.15, 0.2) is 17.4 Å². The van der Waals surface area contributed by atoms with Crippen LogP contribution in [-0.4, -0.2) is 31.0 Å². The highest BCUT2D eigenvalue weighted by atomic mass is 32.1. The maximum atomic E-state index is 14.2. The lowest BCUT2D eigenvalue weighted by molar-refractivity contribution is 0.386. The molecule has 3 aromatic rings. The predicted octanol–water partition coefficient (Wildman–Crippen LogP) is 2.23. The summed E-state index contributed by atoms with van der Waals surface area (Å²) in [5.41, 5.74) is 9.17. The largest absolute Gasteiger partial charge is 0.494 e. The average Bonchev–Trinajstić information content (AvgIpc) is 3.05. The van der Waals surface area contributed by atoms with Crippen molar-refractivity contribution < 1.29 is 9.13 Å². The number of hydrogen-bond donors (Lipinski definition) is 4. The van der Waals surface area contributed by atoms with E-state index in [1.54, 1.807) is 23.6 Å². The summed E-state index contributed by atoms with van der Waals surface area (Å²) in [6, 6.07) is 8.37. The van der Waals surface area contributed by atoms with Crippen LogP contribution in [0, 0.1) is 5.82 Å². The van der Waals surface area contributed by atoms with Crippen molar-refractivity contribution in [2.75, 3.05) is 30.9 Å². The van der Waals surface area contributed by atoms with E-state index in [4.69, 9.17) is 22.2 Å². The van der Waals surface area contributed by atoms with E-state index in [-0.39, 0.29) is 17.4 Å². The van der Waals surface area contributed by atoms with E-state index in [1.807, 2.05) is 6.07 Å². The lowest BCUT2D eigenvalue weighted by Gasteiger charge is -2.21. The van der Waals surface area contributed by atoms with Gasteiger partial charge in [-0.3, -0.25) is 5.01 Å². The summed E-state index contributed by atoms with van der Waals surface area (Å²) in [6.07, 6.45) is 3.73. The topological polar surface area (TPSA) is 128 Å². The number of pyridine rings is 1. The number of nitrogen functional groups attached to an aromatic ring is 1. The molecule has 3 heterocycles. The average molecular weight is 442 g/mol. The van der Waals surface area contributed by atoms with Crippen molar-refractivity contribution in [2.24, 2.45) is 16.8 Å². The second kappa shape index (κ2) is 8.88. The molecule has 0 aliphatic carbocycles. The van der Waals surface area contributed by atoms with Crippen molar-refractivity contribution in [3.63, 3.8) is 0 Å². The Hall–Kier alpha value is -3.21. The number of benzene rings is 1. The molecule has 0 spiro atoms. The highest BCUT2D eigenvalue weighted by Gasteiger charge is 2.20. The molecule has 0 fully saturated rings. The van der Waals surface area contributed by atoms with Gasteiger partial charge in [0.2, 0.25) is 0 Å². The maximum absolute atomic E-state index is 14.2. The van der Waals surface area contributed by atoms with Gasteiger partial charge in [-0.05, 0) is 55.8 Å². The van der Waals surface area contributed by atoms with Gasteiger partial charge in [-0.1, -0.05) is 0 Å². The van der Waals surface area contributed by atoms with Crippen LogP contribution in [0.2, 0.25) is 0 Å². The summed E-state index contributed by atoms with van der Waals surface area (Å²) in [7, 11) is 1.39. The molecule has 162 valence electrons. The second-order valence-electron chi connectivity index (χ2n) is 7.11. The minimum atomic E-state index is -0.554. The smallest absolute Gasteiger partial charge is 0.177 e. The maximum Gasteiger partial charge on any atom is 0.177 e. The first-order chi connectivity index (χ1) is 15.0. The molecule has 0 amide bonds. The van der Waals surface area contributed by atoms with Crippen LogP contribution in [0.15, 0.2) is 41.6 Å². The normalized spacial score (nSPS) is 14.1. The number of rotatable bonds is 4. The molecule has 1 aliphatic heterocycles. The number of fused-ring (bicyclic) bond motifs is 1. The van der Waals surface area contributed by atoms with Crippen LogP contribution in [-0.2, 0) is 12.8 Å². The lowest BCUT2D eigenvalue weighted by Crippen LogP contribution is -2.39. The molecule has 1 aliphatic rings. The van der Waals surface area contributed by atoms with Crippen LogP contribution >= 0.6 is 11.3 Å². The van der Waals surface area contributed by atoms with Crippen molar-refractivity contribution in [1.82, 2.24) is 10.3 Å². The number of halogens is 1. The third kappa shape index (κ3) is 4.18. The van der Waals surface area contributed by atoms with Crippen LogP contribution in [0.25, 0.3) is 10.4 Å². The Morgan fingerprint density at radius 1 is 1.26 bits per heavy atom. The summed E-state index contributed by atoms with van der Waals surface area (Å²) in [4.78, 5) is 6.80. The fourth-order valence-electron chi connectivity index (χ4n) is 3.56. The lowest BCUT2D eigenvalue weighted by atomic mass is 10.1. The summed E-state index contributed by atoms with van der Waals surface area (Å²) < 4.78 is 19.1. The fourth-order valence-corrected chi connectivity index (χ4v) is 4.75. The molecule has 0 saturated heterocycles. The van der Waals surface area contributed by atoms with E-state index in [0.29, 0.717) is 11.3 Å². The zero-order valence-electron chi connectivity index (χ0n) is 17.1. The molecule has 0 radical (unpaired) electrons. The van der Waals surface area contributed by atoms with Gasteiger partial charge in [-0.25, -0.2) is 15.2 Å². The minimum absolute atomic E-state index is 0.110. The van der Waals surface area contributed by atoms with Gasteiger partial charge in [-0.15, -0.1) is 11.3 Å². The van der Waals surface area contributed by atoms with Crippen molar-refractivity contribution >= 4 is 28.7 Å². The Morgan fingerprint density at radius 2 is 2.06 bits per heavy atom. The third-order valence-corrected chi connectivity index (χ3v) is 6.49. The number of hydrogen-bond acceptors (Lipinski definition) is 8. The van der Waals surface area contributed by atoms with E-state index in [1.165, 1.54) is 34.7 Å². The summed E-state index contributed by atoms with van der Waals surface area (Å²) in [5.74, 6) is 11.8. The summed E-state index contributed by atoms with van der Waals surface area (Å²) >= 11 is 1.75. The van der Waals surface area contributed by atoms with Gasteiger partial charge >= 0.3 is 0 Å². The Balaban J connectivity index is 1.69. The highest BCUT2D eigenvalue weighted by Crippen LogP contribution is 2.34. The molecule has 0 bridgehead atoms. The summed E-state index contributed by atoms with van der Waals surface area (Å²) in [5, 5.41) is 8.41. The molecular weight excluding hydrogens is 417 g/mol. The monoisotopic (exact) mass is 441 g/mol. The van der Waals surface area contributed by atoms with Gasteiger partial charge in [-0.2, -0.15) is 5.10 Å². The number of thiophene rings is 1. The minimum Gasteiger partial charge on any atom is -0.494 e. The quantitative estimate of drug-likeness (QED) is 0.212. The number of nitrogens with one attached hydrogen (secondary N) is 1. The van der Waals surface area contributed by atoms with Crippen LogP contribution in [0.3, 0.4) is 0 Å². The van der Waals surface area contributed by atoms with Crippen LogP contribution in [0.4, 0.5) is 15.9 Å². The number of amidine groups is 1. The fraction of sp³-hybridized carbons (Fsp3) is 0.238. The van der Waals surface area contributed by atoms with Crippen LogP contribution < -0.4 is 32.5 Å². The van der Waals surface area contributed by atoms with Gasteiger partial charge in [0.1, 0.15) is 5.82 Å². The number of methoxy groups -OCH3 is 1. The summed E-state index contributed by atoms with van der Waals surface area (Å²) in [6.45, 7) is 1.95. The number of nitrogens with two attached hydrogens (primary N) is 3. The number of hydrazone groups is 1. The van der Waals surface area contributed by atoms with Gasteiger partial charge in [0.25, 0.3) is 0 Å². The number of aromatic nitrogens is 1. The molecule has 1 aromatic carbocycles. The molecule has 31 heavy (non-hydrogen) atoms. The second-order valence-corrected chi connectivity index (χ2v) is 8.24. The first kappa shape index (κ1) is 21.0. The Morgan fingerprint density at radius 3 is 2.81 bits per heavy atom.